The summed E-state index contributed by atoms with van der Waals surface area (Å²) in [6.07, 6.45) is 2.01. The molecule has 1 atom stereocenters. The van der Waals surface area contributed by atoms with Gasteiger partial charge in [0.1, 0.15) is 6.04 Å². The number of carbonyl (C=O) groups excluding carboxylic acids is 2. The summed E-state index contributed by atoms with van der Waals surface area (Å²) >= 11 is 6.37. The second-order valence-corrected chi connectivity index (χ2v) is 11.8. The van der Waals surface area contributed by atoms with Crippen LogP contribution < -0.4 is 9.62 Å². The molecule has 0 saturated carbocycles. The zero-order chi connectivity index (χ0) is 26.9. The summed E-state index contributed by atoms with van der Waals surface area (Å²) in [5.74, 6) is -0.147. The number of amides is 2. The van der Waals surface area contributed by atoms with Gasteiger partial charge in [0.25, 0.3) is 0 Å². The Labute approximate surface area is 220 Å². The Morgan fingerprint density at radius 3 is 2.36 bits per heavy atom. The second-order valence-electron chi connectivity index (χ2n) is 9.45. The Balaban J connectivity index is 2.22. The maximum absolute atomic E-state index is 13.5. The third-order valence-electron chi connectivity index (χ3n) is 5.81. The fourth-order valence-corrected chi connectivity index (χ4v) is 5.09. The topological polar surface area (TPSA) is 86.8 Å². The lowest BCUT2D eigenvalue weighted by molar-refractivity contribution is -0.141. The summed E-state index contributed by atoms with van der Waals surface area (Å²) in [4.78, 5) is 28.0. The first-order valence-electron chi connectivity index (χ1n) is 12.3. The molecule has 0 aliphatic rings. The van der Waals surface area contributed by atoms with E-state index in [2.05, 4.69) is 5.32 Å². The molecule has 0 fully saturated rings. The lowest BCUT2D eigenvalue weighted by atomic mass is 10.1. The molecule has 0 saturated heterocycles. The number of sulfonamides is 1. The lowest BCUT2D eigenvalue weighted by Crippen LogP contribution is -2.49. The molecule has 2 rings (SSSR count). The van der Waals surface area contributed by atoms with E-state index in [1.54, 1.807) is 29.2 Å². The molecular weight excluding hydrogens is 498 g/mol. The molecule has 7 nitrogen and oxygen atoms in total. The highest BCUT2D eigenvalue weighted by Crippen LogP contribution is 2.22. The van der Waals surface area contributed by atoms with Crippen molar-refractivity contribution in [1.82, 2.24) is 10.2 Å². The fraction of sp³-hybridized carbons (Fsp3) is 0.481. The highest BCUT2D eigenvalue weighted by atomic mass is 35.5. The normalized spacial score (nSPS) is 12.3. The number of hydrogen-bond acceptors (Lipinski definition) is 4. The van der Waals surface area contributed by atoms with Crippen molar-refractivity contribution in [3.8, 4) is 0 Å². The van der Waals surface area contributed by atoms with E-state index >= 15 is 0 Å². The molecular formula is C27H38ClN3O4S. The van der Waals surface area contributed by atoms with E-state index in [9.17, 15) is 18.0 Å². The van der Waals surface area contributed by atoms with Crippen LogP contribution in [0.15, 0.2) is 48.5 Å². The molecule has 0 unspecified atom stereocenters. The molecule has 0 aliphatic carbocycles. The standard InChI is InChI=1S/C27H38ClN3O4S/c1-6-25(27(33)29-18-20(2)3)30(19-22-12-7-8-14-24(22)28)26(32)15-10-16-31(36(5,34)35)23-13-9-11-21(4)17-23/h7-9,11-14,17,20,25H,6,10,15-16,18-19H2,1-5H3,(H,29,33)/t25-/m1/s1. The molecule has 0 bridgehead atoms. The molecule has 0 radical (unpaired) electrons. The Morgan fingerprint density at radius 2 is 1.78 bits per heavy atom. The summed E-state index contributed by atoms with van der Waals surface area (Å²) in [7, 11) is -3.53. The van der Waals surface area contributed by atoms with Gasteiger partial charge >= 0.3 is 0 Å². The average Bonchev–Trinajstić information content (AvgIpc) is 2.80. The Bertz CT molecular complexity index is 1140. The van der Waals surface area contributed by atoms with Crippen LogP contribution in [-0.2, 0) is 26.2 Å². The second kappa shape index (κ2) is 13.7. The minimum absolute atomic E-state index is 0.0935. The molecule has 0 spiro atoms. The molecule has 36 heavy (non-hydrogen) atoms. The number of nitrogens with one attached hydrogen (secondary N) is 1. The Morgan fingerprint density at radius 1 is 1.08 bits per heavy atom. The number of carbonyl (C=O) groups is 2. The zero-order valence-electron chi connectivity index (χ0n) is 21.8. The predicted octanol–water partition coefficient (Wildman–Crippen LogP) is 4.77. The van der Waals surface area contributed by atoms with Crippen LogP contribution in [-0.4, -0.2) is 50.5 Å². The SMILES string of the molecule is CC[C@H](C(=O)NCC(C)C)N(Cc1ccccc1Cl)C(=O)CCCN(c1cccc(C)c1)S(C)(=O)=O. The van der Waals surface area contributed by atoms with Gasteiger partial charge in [-0.2, -0.15) is 0 Å². The van der Waals surface area contributed by atoms with Crippen LogP contribution in [0.5, 0.6) is 0 Å². The van der Waals surface area contributed by atoms with Crippen molar-refractivity contribution in [3.05, 3.63) is 64.7 Å². The van der Waals surface area contributed by atoms with E-state index in [1.165, 1.54) is 4.31 Å². The highest BCUT2D eigenvalue weighted by molar-refractivity contribution is 7.92. The zero-order valence-corrected chi connectivity index (χ0v) is 23.4. The van der Waals surface area contributed by atoms with Crippen LogP contribution in [0.3, 0.4) is 0 Å². The summed E-state index contributed by atoms with van der Waals surface area (Å²) in [6, 6.07) is 13.8. The molecule has 2 aromatic carbocycles. The summed E-state index contributed by atoms with van der Waals surface area (Å²) < 4.78 is 26.2. The number of benzene rings is 2. The van der Waals surface area contributed by atoms with Gasteiger partial charge in [0.15, 0.2) is 0 Å². The Hall–Kier alpha value is -2.58. The largest absolute Gasteiger partial charge is 0.354 e. The van der Waals surface area contributed by atoms with Gasteiger partial charge in [-0.05, 0) is 55.0 Å². The van der Waals surface area contributed by atoms with E-state index in [1.807, 2.05) is 52.0 Å². The van der Waals surface area contributed by atoms with E-state index in [0.717, 1.165) is 17.4 Å². The summed E-state index contributed by atoms with van der Waals surface area (Å²) in [6.45, 7) is 8.66. The maximum Gasteiger partial charge on any atom is 0.242 e. The van der Waals surface area contributed by atoms with E-state index in [0.29, 0.717) is 30.1 Å². The summed E-state index contributed by atoms with van der Waals surface area (Å²) in [5, 5.41) is 3.46. The number of halogens is 1. The van der Waals surface area contributed by atoms with E-state index < -0.39 is 16.1 Å². The fourth-order valence-electron chi connectivity index (χ4n) is 3.94. The monoisotopic (exact) mass is 535 g/mol. The minimum atomic E-state index is -3.53. The number of rotatable bonds is 13. The van der Waals surface area contributed by atoms with Gasteiger partial charge in [-0.3, -0.25) is 13.9 Å². The van der Waals surface area contributed by atoms with Crippen molar-refractivity contribution in [3.63, 3.8) is 0 Å². The van der Waals surface area contributed by atoms with E-state index in [-0.39, 0.29) is 37.2 Å². The molecule has 2 amide bonds. The summed E-state index contributed by atoms with van der Waals surface area (Å²) in [5.41, 5.74) is 2.26. The quantitative estimate of drug-likeness (QED) is 0.400. The van der Waals surface area contributed by atoms with Crippen LogP contribution in [0.1, 0.15) is 51.2 Å². The number of hydrogen-bond donors (Lipinski definition) is 1. The first kappa shape index (κ1) is 29.6. The van der Waals surface area contributed by atoms with Gasteiger partial charge in [0.2, 0.25) is 21.8 Å². The lowest BCUT2D eigenvalue weighted by Gasteiger charge is -2.31. The van der Waals surface area contributed by atoms with Crippen LogP contribution in [0.4, 0.5) is 5.69 Å². The van der Waals surface area contributed by atoms with Crippen LogP contribution in [0.2, 0.25) is 5.02 Å². The van der Waals surface area contributed by atoms with Crippen molar-refractivity contribution < 1.29 is 18.0 Å². The molecule has 0 aliphatic heterocycles. The van der Waals surface area contributed by atoms with Crippen LogP contribution in [0, 0.1) is 12.8 Å². The van der Waals surface area contributed by atoms with Crippen molar-refractivity contribution in [2.75, 3.05) is 23.7 Å². The Kier molecular flexibility index (Phi) is 11.2. The van der Waals surface area contributed by atoms with Gasteiger partial charge in [0, 0.05) is 31.1 Å². The first-order valence-corrected chi connectivity index (χ1v) is 14.5. The van der Waals surface area contributed by atoms with Crippen molar-refractivity contribution >= 4 is 39.1 Å². The third kappa shape index (κ3) is 8.82. The minimum Gasteiger partial charge on any atom is -0.354 e. The molecule has 1 N–H and O–H groups in total. The molecule has 198 valence electrons. The average molecular weight is 536 g/mol. The molecule has 2 aromatic rings. The van der Waals surface area contributed by atoms with Gasteiger partial charge in [-0.1, -0.05) is 62.7 Å². The van der Waals surface area contributed by atoms with Gasteiger partial charge in [0.05, 0.1) is 11.9 Å². The van der Waals surface area contributed by atoms with Crippen molar-refractivity contribution in [1.29, 1.82) is 0 Å². The van der Waals surface area contributed by atoms with Gasteiger partial charge in [-0.25, -0.2) is 8.42 Å². The van der Waals surface area contributed by atoms with Gasteiger partial charge in [-0.15, -0.1) is 0 Å². The molecule has 0 aromatic heterocycles. The van der Waals surface area contributed by atoms with Crippen molar-refractivity contribution in [2.24, 2.45) is 5.92 Å². The third-order valence-corrected chi connectivity index (χ3v) is 7.37. The predicted molar refractivity (Wildman–Crippen MR) is 147 cm³/mol. The highest BCUT2D eigenvalue weighted by Gasteiger charge is 2.29. The number of nitrogens with zero attached hydrogens (tertiary/aromatic N) is 2. The van der Waals surface area contributed by atoms with Crippen LogP contribution in [0.25, 0.3) is 0 Å². The van der Waals surface area contributed by atoms with Crippen LogP contribution >= 0.6 is 11.6 Å². The number of anilines is 1. The van der Waals surface area contributed by atoms with Gasteiger partial charge < -0.3 is 10.2 Å². The first-order chi connectivity index (χ1) is 16.9. The van der Waals surface area contributed by atoms with Crippen molar-refractivity contribution in [2.45, 2.75) is 59.5 Å². The van der Waals surface area contributed by atoms with E-state index in [4.69, 9.17) is 11.6 Å². The molecule has 9 heteroatoms. The number of aryl methyl sites for hydroxylation is 1. The smallest absolute Gasteiger partial charge is 0.242 e. The maximum atomic E-state index is 13.5. The molecule has 0 heterocycles.